The molecule has 0 heterocycles. The molecule has 0 atom stereocenters. The Kier molecular flexibility index (Phi) is 11.7. The first-order valence-electron chi connectivity index (χ1n) is 7.02. The second-order valence-electron chi connectivity index (χ2n) is 4.92. The molecule has 0 radical (unpaired) electrons. The Labute approximate surface area is 118 Å². The molecule has 19 heavy (non-hydrogen) atoms. The third kappa shape index (κ3) is 14.3. The van der Waals surface area contributed by atoms with Crippen molar-refractivity contribution in [3.63, 3.8) is 0 Å². The van der Waals surface area contributed by atoms with Crippen molar-refractivity contribution in [1.82, 2.24) is 5.32 Å². The van der Waals surface area contributed by atoms with Gasteiger partial charge in [-0.05, 0) is 37.0 Å². The average molecular weight is 259 g/mol. The van der Waals surface area contributed by atoms with Gasteiger partial charge in [0.15, 0.2) is 0 Å². The zero-order valence-electron chi connectivity index (χ0n) is 12.2. The summed E-state index contributed by atoms with van der Waals surface area (Å²) in [5.74, 6) is 8.40. The predicted molar refractivity (Wildman–Crippen MR) is 81.3 cm³/mol. The second-order valence-corrected chi connectivity index (χ2v) is 4.92. The molecule has 2 heteroatoms. The largest absolute Gasteiger partial charge is 0.356 e. The molecule has 1 N–H and O–H groups in total. The van der Waals surface area contributed by atoms with Gasteiger partial charge in [0.05, 0.1) is 0 Å². The molecule has 0 aromatic heterocycles. The zero-order valence-corrected chi connectivity index (χ0v) is 12.2. The van der Waals surface area contributed by atoms with E-state index in [4.69, 9.17) is 6.42 Å². The van der Waals surface area contributed by atoms with Gasteiger partial charge in [0.1, 0.15) is 0 Å². The van der Waals surface area contributed by atoms with Gasteiger partial charge in [-0.2, -0.15) is 0 Å². The molecule has 0 aliphatic carbocycles. The molecule has 0 aliphatic rings. The molecule has 1 amide bonds. The van der Waals surface area contributed by atoms with Gasteiger partial charge >= 0.3 is 0 Å². The minimum absolute atomic E-state index is 0.175. The number of unbranched alkanes of at least 4 members (excludes halogenated alkanes) is 3. The van der Waals surface area contributed by atoms with Gasteiger partial charge in [0.25, 0.3) is 0 Å². The summed E-state index contributed by atoms with van der Waals surface area (Å²) in [5.41, 5.74) is 0. The van der Waals surface area contributed by atoms with E-state index in [0.29, 0.717) is 12.3 Å². The van der Waals surface area contributed by atoms with Crippen LogP contribution in [-0.2, 0) is 4.79 Å². The third-order valence-corrected chi connectivity index (χ3v) is 2.53. The zero-order chi connectivity index (χ0) is 14.3. The van der Waals surface area contributed by atoms with E-state index in [2.05, 4.69) is 43.0 Å². The highest BCUT2D eigenvalue weighted by atomic mass is 16.1. The molecule has 104 valence electrons. The number of terminal acetylenes is 1. The highest BCUT2D eigenvalue weighted by Gasteiger charge is 2.01. The Bertz CT molecular complexity index is 363. The standard InChI is InChI=1S/C17H25NO/c1-4-5-6-7-8-9-10-11-12-13-14-17(19)18-15-16(2)3/h1,8-9,16H,7,10-15H2,2-3H3,(H,18,19)/b9-8-. The number of carbonyl (C=O) groups excluding carboxylic acids is 1. The molecule has 0 aromatic rings. The van der Waals surface area contributed by atoms with Crippen molar-refractivity contribution in [2.24, 2.45) is 5.92 Å². The maximum absolute atomic E-state index is 11.4. The minimum Gasteiger partial charge on any atom is -0.356 e. The van der Waals surface area contributed by atoms with Crippen LogP contribution in [0.25, 0.3) is 0 Å². The van der Waals surface area contributed by atoms with E-state index in [-0.39, 0.29) is 5.91 Å². The molecular formula is C17H25NO. The van der Waals surface area contributed by atoms with E-state index in [1.165, 1.54) is 0 Å². The van der Waals surface area contributed by atoms with Crippen molar-refractivity contribution in [1.29, 1.82) is 0 Å². The number of allylic oxidation sites excluding steroid dienone is 2. The Morgan fingerprint density at radius 1 is 1.26 bits per heavy atom. The monoisotopic (exact) mass is 259 g/mol. The van der Waals surface area contributed by atoms with Crippen molar-refractivity contribution in [3.05, 3.63) is 12.2 Å². The summed E-state index contributed by atoms with van der Waals surface area (Å²) in [6.45, 7) is 4.97. The Morgan fingerprint density at radius 3 is 2.74 bits per heavy atom. The lowest BCUT2D eigenvalue weighted by Gasteiger charge is -2.06. The van der Waals surface area contributed by atoms with E-state index in [9.17, 15) is 4.79 Å². The lowest BCUT2D eigenvalue weighted by Crippen LogP contribution is -2.26. The molecule has 0 aromatic carbocycles. The highest BCUT2D eigenvalue weighted by molar-refractivity contribution is 5.75. The Balaban J connectivity index is 3.36. The van der Waals surface area contributed by atoms with E-state index in [1.807, 2.05) is 6.08 Å². The topological polar surface area (TPSA) is 29.1 Å². The summed E-state index contributed by atoms with van der Waals surface area (Å²) in [7, 11) is 0. The van der Waals surface area contributed by atoms with E-state index in [0.717, 1.165) is 38.6 Å². The molecule has 2 nitrogen and oxygen atoms in total. The van der Waals surface area contributed by atoms with E-state index >= 15 is 0 Å². The molecule has 0 rings (SSSR count). The van der Waals surface area contributed by atoms with Crippen LogP contribution in [0, 0.1) is 30.1 Å². The second kappa shape index (κ2) is 12.8. The Hall–Kier alpha value is -1.67. The summed E-state index contributed by atoms with van der Waals surface area (Å²) in [6.07, 6.45) is 14.8. The average Bonchev–Trinajstić information content (AvgIpc) is 2.38. The molecule has 0 unspecified atom stereocenters. The van der Waals surface area contributed by atoms with Gasteiger partial charge in [-0.25, -0.2) is 0 Å². The number of carbonyl (C=O) groups is 1. The van der Waals surface area contributed by atoms with Crippen LogP contribution >= 0.6 is 0 Å². The maximum Gasteiger partial charge on any atom is 0.220 e. The predicted octanol–water partition coefficient (Wildman–Crippen LogP) is 3.29. The first-order chi connectivity index (χ1) is 9.16. The fourth-order valence-electron chi connectivity index (χ4n) is 1.49. The summed E-state index contributed by atoms with van der Waals surface area (Å²) < 4.78 is 0. The fraction of sp³-hybridized carbons (Fsp3) is 0.588. The van der Waals surface area contributed by atoms with Crippen LogP contribution in [0.1, 0.15) is 52.4 Å². The van der Waals surface area contributed by atoms with Crippen molar-refractivity contribution in [2.45, 2.75) is 52.4 Å². The van der Waals surface area contributed by atoms with Crippen LogP contribution in [0.2, 0.25) is 0 Å². The number of hydrogen-bond donors (Lipinski definition) is 1. The normalized spacial score (nSPS) is 10.0. The Morgan fingerprint density at radius 2 is 2.05 bits per heavy atom. The molecular weight excluding hydrogens is 234 g/mol. The van der Waals surface area contributed by atoms with Gasteiger partial charge in [0, 0.05) is 19.4 Å². The molecule has 0 aliphatic heterocycles. The maximum atomic E-state index is 11.4. The van der Waals surface area contributed by atoms with E-state index < -0.39 is 0 Å². The minimum atomic E-state index is 0.175. The van der Waals surface area contributed by atoms with Crippen LogP contribution in [0.3, 0.4) is 0 Å². The van der Waals surface area contributed by atoms with Gasteiger partial charge in [-0.1, -0.05) is 38.3 Å². The van der Waals surface area contributed by atoms with Crippen molar-refractivity contribution < 1.29 is 4.79 Å². The van der Waals surface area contributed by atoms with Gasteiger partial charge in [-0.15, -0.1) is 6.42 Å². The summed E-state index contributed by atoms with van der Waals surface area (Å²) >= 11 is 0. The lowest BCUT2D eigenvalue weighted by molar-refractivity contribution is -0.121. The number of hydrogen-bond acceptors (Lipinski definition) is 1. The summed E-state index contributed by atoms with van der Waals surface area (Å²) in [4.78, 5) is 11.4. The van der Waals surface area contributed by atoms with Gasteiger partial charge in [0.2, 0.25) is 5.91 Å². The van der Waals surface area contributed by atoms with Gasteiger partial charge in [-0.3, -0.25) is 4.79 Å². The quantitative estimate of drug-likeness (QED) is 0.384. The molecule has 0 saturated heterocycles. The number of nitrogens with one attached hydrogen (secondary N) is 1. The molecule has 0 bridgehead atoms. The molecule has 0 saturated carbocycles. The van der Waals surface area contributed by atoms with Crippen LogP contribution in [0.4, 0.5) is 0 Å². The highest BCUT2D eigenvalue weighted by Crippen LogP contribution is 2.04. The summed E-state index contributed by atoms with van der Waals surface area (Å²) in [6, 6.07) is 0. The fourth-order valence-corrected chi connectivity index (χ4v) is 1.49. The van der Waals surface area contributed by atoms with Crippen LogP contribution < -0.4 is 5.32 Å². The van der Waals surface area contributed by atoms with Crippen LogP contribution in [-0.4, -0.2) is 12.5 Å². The smallest absolute Gasteiger partial charge is 0.220 e. The molecule has 0 fully saturated rings. The van der Waals surface area contributed by atoms with Crippen LogP contribution in [0.15, 0.2) is 12.2 Å². The first kappa shape index (κ1) is 17.3. The third-order valence-electron chi connectivity index (χ3n) is 2.53. The summed E-state index contributed by atoms with van der Waals surface area (Å²) in [5, 5.41) is 2.93. The number of rotatable bonds is 9. The van der Waals surface area contributed by atoms with E-state index in [1.54, 1.807) is 0 Å². The lowest BCUT2D eigenvalue weighted by atomic mass is 10.1. The SMILES string of the molecule is C#CC#CC/C=C\CCCCCC(=O)NCC(C)C. The van der Waals surface area contributed by atoms with Crippen LogP contribution in [0.5, 0.6) is 0 Å². The van der Waals surface area contributed by atoms with Crippen molar-refractivity contribution in [2.75, 3.05) is 6.54 Å². The van der Waals surface area contributed by atoms with Crippen molar-refractivity contribution in [3.8, 4) is 24.2 Å². The molecule has 0 spiro atoms. The first-order valence-corrected chi connectivity index (χ1v) is 7.02. The van der Waals surface area contributed by atoms with Crippen molar-refractivity contribution >= 4 is 5.91 Å². The number of amides is 1. The van der Waals surface area contributed by atoms with Gasteiger partial charge < -0.3 is 5.32 Å².